The minimum atomic E-state index is 0.0623. The summed E-state index contributed by atoms with van der Waals surface area (Å²) < 4.78 is 0. The van der Waals surface area contributed by atoms with Crippen LogP contribution in [0.5, 0.6) is 0 Å². The second-order valence-corrected chi connectivity index (χ2v) is 4.95. The number of allylic oxidation sites excluding steroid dienone is 1. The van der Waals surface area contributed by atoms with Crippen molar-refractivity contribution in [3.05, 3.63) is 65.7 Å². The van der Waals surface area contributed by atoms with E-state index in [0.717, 1.165) is 16.8 Å². The highest BCUT2D eigenvalue weighted by Gasteiger charge is 1.93. The Morgan fingerprint density at radius 3 is 2.24 bits per heavy atom. The molecule has 1 N–H and O–H groups in total. The van der Waals surface area contributed by atoms with Gasteiger partial charge in [0.05, 0.1) is 12.3 Å². The Balaban J connectivity index is 1.96. The highest BCUT2D eigenvalue weighted by molar-refractivity contribution is 5.80. The minimum absolute atomic E-state index is 0.0623. The van der Waals surface area contributed by atoms with E-state index in [1.54, 1.807) is 6.21 Å². The Hall–Kier alpha value is -2.39. The van der Waals surface area contributed by atoms with Crippen molar-refractivity contribution >= 4 is 23.7 Å². The fourth-order valence-corrected chi connectivity index (χ4v) is 1.85. The number of anilines is 1. The van der Waals surface area contributed by atoms with Crippen molar-refractivity contribution in [3.63, 3.8) is 0 Å². The zero-order valence-corrected chi connectivity index (χ0v) is 12.4. The first-order valence-corrected chi connectivity index (χ1v) is 6.87. The molecule has 0 bridgehead atoms. The maximum Gasteiger partial charge on any atom is 0.0681 e. The lowest BCUT2D eigenvalue weighted by atomic mass is 10.2. The standard InChI is InChI=1S/C18H20N2O/c1-20(2)18-11-7-15(8-12-18)4-3-13-19-17-9-5-16(14-21)6-10-17/h3-13,21H,14H2,1-2H3/b4-3+,19-13?. The van der Waals surface area contributed by atoms with E-state index in [4.69, 9.17) is 5.11 Å². The van der Waals surface area contributed by atoms with Crippen LogP contribution in [0.1, 0.15) is 11.1 Å². The predicted molar refractivity (Wildman–Crippen MR) is 90.3 cm³/mol. The lowest BCUT2D eigenvalue weighted by molar-refractivity contribution is 0.282. The lowest BCUT2D eigenvalue weighted by Crippen LogP contribution is -2.07. The van der Waals surface area contributed by atoms with E-state index in [1.807, 2.05) is 50.5 Å². The molecule has 0 fully saturated rings. The lowest BCUT2D eigenvalue weighted by Gasteiger charge is -2.11. The van der Waals surface area contributed by atoms with Gasteiger partial charge < -0.3 is 10.0 Å². The van der Waals surface area contributed by atoms with Crippen molar-refractivity contribution in [1.29, 1.82) is 0 Å². The van der Waals surface area contributed by atoms with Crippen LogP contribution >= 0.6 is 0 Å². The number of aliphatic hydroxyl groups excluding tert-OH is 1. The van der Waals surface area contributed by atoms with Gasteiger partial charge in [0.25, 0.3) is 0 Å². The number of hydrogen-bond acceptors (Lipinski definition) is 3. The first-order chi connectivity index (χ1) is 10.2. The summed E-state index contributed by atoms with van der Waals surface area (Å²) in [5, 5.41) is 8.97. The van der Waals surface area contributed by atoms with Gasteiger partial charge in [-0.05, 0) is 41.5 Å². The van der Waals surface area contributed by atoms with E-state index in [2.05, 4.69) is 34.2 Å². The fourth-order valence-electron chi connectivity index (χ4n) is 1.85. The average molecular weight is 280 g/mol. The molecular formula is C18H20N2O. The molecule has 0 aliphatic carbocycles. The maximum absolute atomic E-state index is 8.97. The zero-order chi connectivity index (χ0) is 15.1. The van der Waals surface area contributed by atoms with Crippen LogP contribution in [0.4, 0.5) is 11.4 Å². The van der Waals surface area contributed by atoms with Crippen molar-refractivity contribution in [2.75, 3.05) is 19.0 Å². The number of benzene rings is 2. The van der Waals surface area contributed by atoms with Crippen LogP contribution in [0.25, 0.3) is 6.08 Å². The van der Waals surface area contributed by atoms with E-state index in [0.29, 0.717) is 0 Å². The van der Waals surface area contributed by atoms with E-state index in [9.17, 15) is 0 Å². The Morgan fingerprint density at radius 2 is 1.67 bits per heavy atom. The van der Waals surface area contributed by atoms with E-state index in [-0.39, 0.29) is 6.61 Å². The van der Waals surface area contributed by atoms with Gasteiger partial charge in [0.15, 0.2) is 0 Å². The van der Waals surface area contributed by atoms with Crippen LogP contribution in [0.15, 0.2) is 59.6 Å². The van der Waals surface area contributed by atoms with Gasteiger partial charge in [-0.15, -0.1) is 0 Å². The molecule has 2 aromatic rings. The minimum Gasteiger partial charge on any atom is -0.392 e. The molecule has 0 spiro atoms. The molecule has 108 valence electrons. The molecule has 2 aromatic carbocycles. The van der Waals surface area contributed by atoms with Gasteiger partial charge in [-0.2, -0.15) is 0 Å². The number of nitrogens with zero attached hydrogens (tertiary/aromatic N) is 2. The van der Waals surface area contributed by atoms with Crippen molar-refractivity contribution < 1.29 is 5.11 Å². The number of aliphatic imine (C=N–C) groups is 1. The summed E-state index contributed by atoms with van der Waals surface area (Å²) in [6.45, 7) is 0.0623. The molecule has 0 amide bonds. The van der Waals surface area contributed by atoms with Gasteiger partial charge in [-0.3, -0.25) is 4.99 Å². The van der Waals surface area contributed by atoms with Crippen LogP contribution in [-0.2, 0) is 6.61 Å². The highest BCUT2D eigenvalue weighted by atomic mass is 16.3. The molecule has 0 saturated heterocycles. The number of rotatable bonds is 5. The Kier molecular flexibility index (Phi) is 5.29. The monoisotopic (exact) mass is 280 g/mol. The van der Waals surface area contributed by atoms with Crippen LogP contribution in [0.2, 0.25) is 0 Å². The summed E-state index contributed by atoms with van der Waals surface area (Å²) in [6, 6.07) is 15.9. The van der Waals surface area contributed by atoms with Crippen molar-refractivity contribution in [2.24, 2.45) is 4.99 Å². The first kappa shape index (κ1) is 15.0. The van der Waals surface area contributed by atoms with Gasteiger partial charge in [0, 0.05) is 26.0 Å². The summed E-state index contributed by atoms with van der Waals surface area (Å²) in [4.78, 5) is 6.42. The first-order valence-electron chi connectivity index (χ1n) is 6.87. The van der Waals surface area contributed by atoms with Crippen LogP contribution in [-0.4, -0.2) is 25.4 Å². The third-order valence-corrected chi connectivity index (χ3v) is 3.13. The van der Waals surface area contributed by atoms with Crippen LogP contribution in [0.3, 0.4) is 0 Å². The van der Waals surface area contributed by atoms with Crippen molar-refractivity contribution in [2.45, 2.75) is 6.61 Å². The Morgan fingerprint density at radius 1 is 1.00 bits per heavy atom. The van der Waals surface area contributed by atoms with Crippen molar-refractivity contribution in [3.8, 4) is 0 Å². The molecule has 0 radical (unpaired) electrons. The largest absolute Gasteiger partial charge is 0.392 e. The number of aliphatic hydroxyl groups is 1. The molecule has 0 aliphatic rings. The van der Waals surface area contributed by atoms with Crippen LogP contribution in [0, 0.1) is 0 Å². The molecule has 2 rings (SSSR count). The topological polar surface area (TPSA) is 35.8 Å². The maximum atomic E-state index is 8.97. The summed E-state index contributed by atoms with van der Waals surface area (Å²) in [5.74, 6) is 0. The summed E-state index contributed by atoms with van der Waals surface area (Å²) in [7, 11) is 4.05. The molecule has 0 aromatic heterocycles. The molecule has 21 heavy (non-hydrogen) atoms. The summed E-state index contributed by atoms with van der Waals surface area (Å²) in [5.41, 5.74) is 4.10. The molecule has 0 saturated carbocycles. The van der Waals surface area contributed by atoms with Crippen molar-refractivity contribution in [1.82, 2.24) is 0 Å². The van der Waals surface area contributed by atoms with Gasteiger partial charge >= 0.3 is 0 Å². The van der Waals surface area contributed by atoms with Gasteiger partial charge in [-0.1, -0.05) is 30.3 Å². The second kappa shape index (κ2) is 7.41. The van der Waals surface area contributed by atoms with E-state index in [1.165, 1.54) is 5.69 Å². The predicted octanol–water partition coefficient (Wildman–Crippen LogP) is 3.66. The SMILES string of the molecule is CN(C)c1ccc(/C=C/C=Nc2ccc(CO)cc2)cc1. The third-order valence-electron chi connectivity index (χ3n) is 3.13. The molecule has 0 atom stereocenters. The molecule has 0 unspecified atom stereocenters. The average Bonchev–Trinajstić information content (AvgIpc) is 2.52. The Bertz CT molecular complexity index is 611. The molecule has 0 aliphatic heterocycles. The zero-order valence-electron chi connectivity index (χ0n) is 12.4. The molecular weight excluding hydrogens is 260 g/mol. The molecule has 3 nitrogen and oxygen atoms in total. The van der Waals surface area contributed by atoms with Gasteiger partial charge in [0.1, 0.15) is 0 Å². The quantitative estimate of drug-likeness (QED) is 0.848. The molecule has 0 heterocycles. The van der Waals surface area contributed by atoms with Crippen LogP contribution < -0.4 is 4.90 Å². The van der Waals surface area contributed by atoms with Gasteiger partial charge in [0.2, 0.25) is 0 Å². The second-order valence-electron chi connectivity index (χ2n) is 4.95. The number of hydrogen-bond donors (Lipinski definition) is 1. The molecule has 3 heteroatoms. The summed E-state index contributed by atoms with van der Waals surface area (Å²) in [6.07, 6.45) is 5.71. The van der Waals surface area contributed by atoms with Gasteiger partial charge in [-0.25, -0.2) is 0 Å². The normalized spacial score (nSPS) is 11.4. The Labute approximate surface area is 125 Å². The van der Waals surface area contributed by atoms with E-state index >= 15 is 0 Å². The summed E-state index contributed by atoms with van der Waals surface area (Å²) >= 11 is 0. The highest BCUT2D eigenvalue weighted by Crippen LogP contribution is 2.14. The third kappa shape index (κ3) is 4.58. The smallest absolute Gasteiger partial charge is 0.0681 e. The van der Waals surface area contributed by atoms with E-state index < -0.39 is 0 Å². The fraction of sp³-hybridized carbons (Fsp3) is 0.167.